The van der Waals surface area contributed by atoms with Crippen molar-refractivity contribution in [3.05, 3.63) is 53.3 Å². The highest BCUT2D eigenvalue weighted by atomic mass is 16.5. The van der Waals surface area contributed by atoms with Gasteiger partial charge in [-0.05, 0) is 74.3 Å². The van der Waals surface area contributed by atoms with E-state index >= 15 is 0 Å². The van der Waals surface area contributed by atoms with Gasteiger partial charge in [-0.1, -0.05) is 12.1 Å². The largest absolute Gasteiger partial charge is 0.497 e. The monoisotopic (exact) mass is 474 g/mol. The highest BCUT2D eigenvalue weighted by Crippen LogP contribution is 2.52. The van der Waals surface area contributed by atoms with E-state index in [1.807, 2.05) is 6.07 Å². The first-order valence-corrected chi connectivity index (χ1v) is 12.8. The molecule has 1 saturated carbocycles. The molecule has 6 rings (SSSR count). The van der Waals surface area contributed by atoms with Crippen molar-refractivity contribution in [3.8, 4) is 5.75 Å². The average molecular weight is 475 g/mol. The molecule has 1 spiro atoms. The number of nitrogens with zero attached hydrogens (tertiary/aromatic N) is 3. The molecule has 184 valence electrons. The number of hydrogen-bond acceptors (Lipinski definition) is 5. The van der Waals surface area contributed by atoms with Crippen molar-refractivity contribution in [2.24, 2.45) is 5.41 Å². The first kappa shape index (κ1) is 22.4. The predicted molar refractivity (Wildman–Crippen MR) is 136 cm³/mol. The Morgan fingerprint density at radius 2 is 2.00 bits per heavy atom. The molecule has 1 atom stereocenters. The second-order valence-electron chi connectivity index (χ2n) is 10.6. The Labute approximate surface area is 206 Å². The van der Waals surface area contributed by atoms with E-state index in [0.717, 1.165) is 61.6 Å². The molecule has 1 aromatic heterocycles. The fraction of sp³-hybridized carbons (Fsp3) is 0.500. The number of aryl methyl sites for hydroxylation is 3. The second kappa shape index (κ2) is 8.55. The Balaban J connectivity index is 1.39. The summed E-state index contributed by atoms with van der Waals surface area (Å²) in [6.07, 6.45) is 5.73. The van der Waals surface area contributed by atoms with E-state index in [0.29, 0.717) is 11.5 Å². The van der Waals surface area contributed by atoms with Gasteiger partial charge in [-0.2, -0.15) is 0 Å². The smallest absolute Gasteiger partial charge is 0.414 e. The number of carbonyl (C=O) groups excluding carboxylic acids is 1. The molecule has 0 bridgehead atoms. The number of nitrogens with one attached hydrogen (secondary N) is 1. The van der Waals surface area contributed by atoms with Gasteiger partial charge >= 0.3 is 6.09 Å². The molecule has 3 aliphatic rings. The molecule has 1 amide bonds. The lowest BCUT2D eigenvalue weighted by atomic mass is 9.61. The normalized spacial score (nSPS) is 20.9. The van der Waals surface area contributed by atoms with Gasteiger partial charge in [-0.3, -0.25) is 4.90 Å². The highest BCUT2D eigenvalue weighted by molar-refractivity contribution is 5.95. The zero-order valence-electron chi connectivity index (χ0n) is 20.8. The molecule has 0 radical (unpaired) electrons. The maximum Gasteiger partial charge on any atom is 0.414 e. The summed E-state index contributed by atoms with van der Waals surface area (Å²) in [5.41, 5.74) is 6.11. The van der Waals surface area contributed by atoms with Crippen molar-refractivity contribution in [1.82, 2.24) is 14.9 Å². The number of aromatic nitrogens is 2. The van der Waals surface area contributed by atoms with Gasteiger partial charge in [0.1, 0.15) is 11.6 Å². The maximum absolute atomic E-state index is 12.6. The summed E-state index contributed by atoms with van der Waals surface area (Å²) in [6, 6.07) is 13.2. The van der Waals surface area contributed by atoms with Crippen LogP contribution in [0.15, 0.2) is 36.4 Å². The van der Waals surface area contributed by atoms with Crippen molar-refractivity contribution in [3.63, 3.8) is 0 Å². The minimum atomic E-state index is -0.297. The van der Waals surface area contributed by atoms with Gasteiger partial charge in [0.2, 0.25) is 0 Å². The molecule has 0 unspecified atom stereocenters. The lowest BCUT2D eigenvalue weighted by molar-refractivity contribution is 0.00810. The van der Waals surface area contributed by atoms with Gasteiger partial charge < -0.3 is 19.4 Å². The SMILES string of the molecule is COC(=O)N1c2ccc3c(nc(CCc4cccc(OC)c4)n3C3CC4(CNC4)C3)c2CC[C@@H]1C. The molecular weight excluding hydrogens is 440 g/mol. The molecule has 7 heteroatoms. The first-order chi connectivity index (χ1) is 17.0. The van der Waals surface area contributed by atoms with E-state index in [-0.39, 0.29) is 12.1 Å². The summed E-state index contributed by atoms with van der Waals surface area (Å²) in [7, 11) is 3.16. The number of imidazole rings is 1. The summed E-state index contributed by atoms with van der Waals surface area (Å²) in [4.78, 5) is 19.7. The summed E-state index contributed by atoms with van der Waals surface area (Å²) in [5, 5.41) is 3.46. The van der Waals surface area contributed by atoms with Gasteiger partial charge in [0, 0.05) is 37.2 Å². The van der Waals surface area contributed by atoms with Gasteiger partial charge in [0.05, 0.1) is 30.9 Å². The van der Waals surface area contributed by atoms with Crippen LogP contribution in [-0.4, -0.2) is 49.0 Å². The number of fused-ring (bicyclic) bond motifs is 3. The Morgan fingerprint density at radius 3 is 2.71 bits per heavy atom. The third-order valence-corrected chi connectivity index (χ3v) is 8.37. The van der Waals surface area contributed by atoms with Crippen molar-refractivity contribution in [1.29, 1.82) is 0 Å². The number of amides is 1. The van der Waals surface area contributed by atoms with E-state index in [1.54, 1.807) is 12.0 Å². The van der Waals surface area contributed by atoms with Crippen LogP contribution in [0.25, 0.3) is 11.0 Å². The number of methoxy groups -OCH3 is 2. The molecule has 1 saturated heterocycles. The van der Waals surface area contributed by atoms with Crippen molar-refractivity contribution in [2.75, 3.05) is 32.2 Å². The number of ether oxygens (including phenoxy) is 2. The lowest BCUT2D eigenvalue weighted by Gasteiger charge is -2.55. The summed E-state index contributed by atoms with van der Waals surface area (Å²) < 4.78 is 13.1. The number of rotatable bonds is 5. The first-order valence-electron chi connectivity index (χ1n) is 12.8. The fourth-order valence-electron chi connectivity index (χ4n) is 6.38. The Hall–Kier alpha value is -3.06. The predicted octanol–water partition coefficient (Wildman–Crippen LogP) is 4.66. The molecule has 2 fully saturated rings. The summed E-state index contributed by atoms with van der Waals surface area (Å²) in [5.74, 6) is 2.03. The Bertz CT molecular complexity index is 1270. The molecule has 1 N–H and O–H groups in total. The fourth-order valence-corrected chi connectivity index (χ4v) is 6.38. The molecular formula is C28H34N4O3. The number of hydrogen-bond donors (Lipinski definition) is 1. The minimum absolute atomic E-state index is 0.111. The standard InChI is InChI=1S/C28H34N4O3/c1-18-7-9-22-23(31(18)27(33)35-3)10-11-24-26(22)30-25(12-8-19-5-4-6-21(13-19)34-2)32(24)20-14-28(15-20)16-29-17-28/h4-6,10-11,13,18,20,29H,7-9,12,14-17H2,1-3H3/t18-/m0/s1. The van der Waals surface area contributed by atoms with Crippen LogP contribution in [0.5, 0.6) is 5.75 Å². The third-order valence-electron chi connectivity index (χ3n) is 8.37. The van der Waals surface area contributed by atoms with E-state index in [2.05, 4.69) is 47.1 Å². The van der Waals surface area contributed by atoms with Gasteiger partial charge in [-0.25, -0.2) is 9.78 Å². The zero-order valence-corrected chi connectivity index (χ0v) is 20.8. The van der Waals surface area contributed by atoms with E-state index in [1.165, 1.54) is 36.6 Å². The second-order valence-corrected chi connectivity index (χ2v) is 10.6. The Kier molecular flexibility index (Phi) is 5.48. The summed E-state index contributed by atoms with van der Waals surface area (Å²) in [6.45, 7) is 4.36. The quantitative estimate of drug-likeness (QED) is 0.582. The van der Waals surface area contributed by atoms with Crippen LogP contribution in [0.3, 0.4) is 0 Å². The molecule has 1 aliphatic carbocycles. The number of carbonyl (C=O) groups is 1. The Morgan fingerprint density at radius 1 is 1.17 bits per heavy atom. The van der Waals surface area contributed by atoms with E-state index in [9.17, 15) is 4.79 Å². The van der Waals surface area contributed by atoms with Crippen LogP contribution in [0.4, 0.5) is 10.5 Å². The van der Waals surface area contributed by atoms with Crippen LogP contribution in [0.2, 0.25) is 0 Å². The van der Waals surface area contributed by atoms with Crippen LogP contribution < -0.4 is 15.0 Å². The number of anilines is 1. The molecule has 3 heterocycles. The number of benzene rings is 2. The molecule has 7 nitrogen and oxygen atoms in total. The summed E-state index contributed by atoms with van der Waals surface area (Å²) >= 11 is 0. The van der Waals surface area contributed by atoms with Crippen molar-refractivity contribution >= 4 is 22.8 Å². The third kappa shape index (κ3) is 3.68. The van der Waals surface area contributed by atoms with Gasteiger partial charge in [0.25, 0.3) is 0 Å². The minimum Gasteiger partial charge on any atom is -0.497 e. The molecule has 2 aromatic carbocycles. The zero-order chi connectivity index (χ0) is 24.2. The molecule has 35 heavy (non-hydrogen) atoms. The van der Waals surface area contributed by atoms with Crippen LogP contribution in [-0.2, 0) is 24.0 Å². The topological polar surface area (TPSA) is 68.6 Å². The van der Waals surface area contributed by atoms with Gasteiger partial charge in [0.15, 0.2) is 0 Å². The molecule has 3 aromatic rings. The van der Waals surface area contributed by atoms with Crippen molar-refractivity contribution in [2.45, 2.75) is 57.5 Å². The van der Waals surface area contributed by atoms with Crippen LogP contribution >= 0.6 is 0 Å². The van der Waals surface area contributed by atoms with Crippen molar-refractivity contribution < 1.29 is 14.3 Å². The van der Waals surface area contributed by atoms with Crippen LogP contribution in [0.1, 0.15) is 49.2 Å². The average Bonchev–Trinajstić information content (AvgIpc) is 3.19. The lowest BCUT2D eigenvalue weighted by Crippen LogP contribution is -2.60. The molecule has 2 aliphatic heterocycles. The highest BCUT2D eigenvalue weighted by Gasteiger charge is 2.49. The van der Waals surface area contributed by atoms with E-state index < -0.39 is 0 Å². The van der Waals surface area contributed by atoms with E-state index in [4.69, 9.17) is 14.5 Å². The maximum atomic E-state index is 12.6. The van der Waals surface area contributed by atoms with Crippen LogP contribution in [0, 0.1) is 5.41 Å². The van der Waals surface area contributed by atoms with Gasteiger partial charge in [-0.15, -0.1) is 0 Å².